The summed E-state index contributed by atoms with van der Waals surface area (Å²) < 4.78 is 5.45. The van der Waals surface area contributed by atoms with Crippen molar-refractivity contribution in [3.05, 3.63) is 71.8 Å². The Bertz CT molecular complexity index is 619. The fraction of sp³-hybridized carbons (Fsp3) is 0.176. The molecule has 1 heterocycles. The number of hydrogen-bond donors (Lipinski definition) is 0. The Morgan fingerprint density at radius 3 is 1.95 bits per heavy atom. The lowest BCUT2D eigenvalue weighted by molar-refractivity contribution is -0.160. The lowest BCUT2D eigenvalue weighted by Crippen LogP contribution is -2.32. The van der Waals surface area contributed by atoms with Crippen LogP contribution in [0.3, 0.4) is 0 Å². The molecule has 0 radical (unpaired) electrons. The van der Waals surface area contributed by atoms with Crippen molar-refractivity contribution < 1.29 is 14.3 Å². The van der Waals surface area contributed by atoms with Crippen LogP contribution in [-0.2, 0) is 14.3 Å². The molecule has 0 bridgehead atoms. The van der Waals surface area contributed by atoms with E-state index in [9.17, 15) is 9.59 Å². The highest BCUT2D eigenvalue weighted by atomic mass is 16.5. The van der Waals surface area contributed by atoms with Crippen LogP contribution in [0.25, 0.3) is 0 Å². The van der Waals surface area contributed by atoms with E-state index in [0.29, 0.717) is 0 Å². The highest BCUT2D eigenvalue weighted by molar-refractivity contribution is 6.01. The highest BCUT2D eigenvalue weighted by Crippen LogP contribution is 2.38. The smallest absolute Gasteiger partial charge is 0.313 e. The Morgan fingerprint density at radius 2 is 1.35 bits per heavy atom. The SMILES string of the molecule is O=C1CC(=O)[C@H](c2ccccc2)[C@@H](c2ccccc2)O1. The summed E-state index contributed by atoms with van der Waals surface area (Å²) in [5.41, 5.74) is 1.74. The molecule has 2 atom stereocenters. The van der Waals surface area contributed by atoms with Crippen molar-refractivity contribution in [2.45, 2.75) is 18.4 Å². The molecule has 2 aromatic carbocycles. The third-order valence-corrected chi connectivity index (χ3v) is 3.51. The van der Waals surface area contributed by atoms with E-state index in [2.05, 4.69) is 0 Å². The quantitative estimate of drug-likeness (QED) is 0.620. The molecule has 3 rings (SSSR count). The van der Waals surface area contributed by atoms with Gasteiger partial charge in [-0.1, -0.05) is 60.7 Å². The van der Waals surface area contributed by atoms with E-state index >= 15 is 0 Å². The van der Waals surface area contributed by atoms with Crippen LogP contribution in [0.5, 0.6) is 0 Å². The van der Waals surface area contributed by atoms with Crippen LogP contribution < -0.4 is 0 Å². The van der Waals surface area contributed by atoms with Crippen molar-refractivity contribution in [2.75, 3.05) is 0 Å². The van der Waals surface area contributed by atoms with Gasteiger partial charge in [-0.3, -0.25) is 9.59 Å². The van der Waals surface area contributed by atoms with Crippen LogP contribution in [-0.4, -0.2) is 11.8 Å². The first-order chi connectivity index (χ1) is 9.75. The van der Waals surface area contributed by atoms with Gasteiger partial charge in [0.25, 0.3) is 0 Å². The van der Waals surface area contributed by atoms with Gasteiger partial charge in [0.2, 0.25) is 0 Å². The average molecular weight is 266 g/mol. The van der Waals surface area contributed by atoms with Crippen molar-refractivity contribution >= 4 is 11.8 Å². The van der Waals surface area contributed by atoms with Gasteiger partial charge in [-0.2, -0.15) is 0 Å². The zero-order valence-electron chi connectivity index (χ0n) is 10.9. The van der Waals surface area contributed by atoms with E-state index in [4.69, 9.17) is 4.74 Å². The standard InChI is InChI=1S/C17H14O3/c18-14-11-15(19)20-17(13-9-5-2-6-10-13)16(14)12-7-3-1-4-8-12/h1-10,16-17H,11H2/t16-,17+/m0/s1. The monoisotopic (exact) mass is 266 g/mol. The maximum atomic E-state index is 12.3. The lowest BCUT2D eigenvalue weighted by Gasteiger charge is -2.30. The second-order valence-corrected chi connectivity index (χ2v) is 4.85. The van der Waals surface area contributed by atoms with E-state index in [1.165, 1.54) is 0 Å². The summed E-state index contributed by atoms with van der Waals surface area (Å²) in [6, 6.07) is 18.9. The van der Waals surface area contributed by atoms with Crippen molar-refractivity contribution in [2.24, 2.45) is 0 Å². The molecule has 1 fully saturated rings. The fourth-order valence-corrected chi connectivity index (χ4v) is 2.60. The summed E-state index contributed by atoms with van der Waals surface area (Å²) >= 11 is 0. The zero-order valence-corrected chi connectivity index (χ0v) is 10.9. The molecular weight excluding hydrogens is 252 g/mol. The van der Waals surface area contributed by atoms with Crippen LogP contribution in [0.1, 0.15) is 29.6 Å². The molecule has 0 amide bonds. The first kappa shape index (κ1) is 12.6. The topological polar surface area (TPSA) is 43.4 Å². The molecule has 0 spiro atoms. The minimum atomic E-state index is -0.535. The number of carbonyl (C=O) groups excluding carboxylic acids is 2. The number of ketones is 1. The van der Waals surface area contributed by atoms with Gasteiger partial charge in [-0.15, -0.1) is 0 Å². The first-order valence-electron chi connectivity index (χ1n) is 6.58. The molecule has 100 valence electrons. The maximum Gasteiger partial charge on any atom is 0.313 e. The van der Waals surface area contributed by atoms with Crippen LogP contribution in [0.2, 0.25) is 0 Å². The molecule has 0 N–H and O–H groups in total. The predicted molar refractivity (Wildman–Crippen MR) is 74.1 cm³/mol. The number of cyclic esters (lactones) is 1. The largest absolute Gasteiger partial charge is 0.456 e. The van der Waals surface area contributed by atoms with E-state index in [-0.39, 0.29) is 12.2 Å². The fourth-order valence-electron chi connectivity index (χ4n) is 2.60. The molecule has 0 saturated carbocycles. The number of ether oxygens (including phenoxy) is 1. The van der Waals surface area contributed by atoms with Crippen molar-refractivity contribution in [3.8, 4) is 0 Å². The van der Waals surface area contributed by atoms with E-state index in [0.717, 1.165) is 11.1 Å². The van der Waals surface area contributed by atoms with Gasteiger partial charge in [-0.05, 0) is 11.1 Å². The van der Waals surface area contributed by atoms with Gasteiger partial charge in [-0.25, -0.2) is 0 Å². The molecule has 0 aromatic heterocycles. The van der Waals surface area contributed by atoms with Gasteiger partial charge < -0.3 is 4.74 Å². The first-order valence-corrected chi connectivity index (χ1v) is 6.58. The Kier molecular flexibility index (Phi) is 3.33. The third-order valence-electron chi connectivity index (χ3n) is 3.51. The van der Waals surface area contributed by atoms with Gasteiger partial charge in [0, 0.05) is 0 Å². The van der Waals surface area contributed by atoms with Gasteiger partial charge in [0.15, 0.2) is 5.78 Å². The molecule has 1 aliphatic heterocycles. The second kappa shape index (κ2) is 5.29. The van der Waals surface area contributed by atoms with Crippen molar-refractivity contribution in [1.29, 1.82) is 0 Å². The van der Waals surface area contributed by atoms with Crippen molar-refractivity contribution in [1.82, 2.24) is 0 Å². The summed E-state index contributed by atoms with van der Waals surface area (Å²) in [4.78, 5) is 23.9. The van der Waals surface area contributed by atoms with E-state index in [1.54, 1.807) is 0 Å². The maximum absolute atomic E-state index is 12.3. The van der Waals surface area contributed by atoms with Crippen LogP contribution in [0.15, 0.2) is 60.7 Å². The number of carbonyl (C=O) groups is 2. The Hall–Kier alpha value is -2.42. The lowest BCUT2D eigenvalue weighted by atomic mass is 9.83. The molecule has 0 unspecified atom stereocenters. The summed E-state index contributed by atoms with van der Waals surface area (Å²) in [7, 11) is 0. The van der Waals surface area contributed by atoms with E-state index in [1.807, 2.05) is 60.7 Å². The Morgan fingerprint density at radius 1 is 0.800 bits per heavy atom. The molecule has 3 nitrogen and oxygen atoms in total. The molecular formula is C17H14O3. The summed E-state index contributed by atoms with van der Waals surface area (Å²) in [6.07, 6.45) is -0.685. The Labute approximate surface area is 117 Å². The summed E-state index contributed by atoms with van der Waals surface area (Å²) in [5, 5.41) is 0. The Balaban J connectivity index is 2.03. The van der Waals surface area contributed by atoms with Gasteiger partial charge in [0.1, 0.15) is 12.5 Å². The highest BCUT2D eigenvalue weighted by Gasteiger charge is 2.39. The number of esters is 1. The number of hydrogen-bond acceptors (Lipinski definition) is 3. The van der Waals surface area contributed by atoms with Crippen LogP contribution in [0.4, 0.5) is 0 Å². The van der Waals surface area contributed by atoms with E-state index < -0.39 is 18.0 Å². The molecule has 1 aliphatic rings. The number of Topliss-reactive ketones (excluding diaryl/α,β-unsaturated/α-hetero) is 1. The third kappa shape index (κ3) is 2.35. The minimum absolute atomic E-state index is 0.0821. The second-order valence-electron chi connectivity index (χ2n) is 4.85. The summed E-state index contributed by atoms with van der Waals surface area (Å²) in [6.45, 7) is 0. The normalized spacial score (nSPS) is 22.4. The zero-order chi connectivity index (χ0) is 13.9. The molecule has 2 aromatic rings. The summed E-state index contributed by atoms with van der Waals surface area (Å²) in [5.74, 6) is -0.950. The molecule has 1 saturated heterocycles. The molecule has 3 heteroatoms. The van der Waals surface area contributed by atoms with Crippen molar-refractivity contribution in [3.63, 3.8) is 0 Å². The number of rotatable bonds is 2. The van der Waals surface area contributed by atoms with Gasteiger partial charge >= 0.3 is 5.97 Å². The average Bonchev–Trinajstić information content (AvgIpc) is 2.48. The van der Waals surface area contributed by atoms with Gasteiger partial charge in [0.05, 0.1) is 5.92 Å². The predicted octanol–water partition coefficient (Wildman–Crippen LogP) is 3.03. The van der Waals surface area contributed by atoms with Crippen LogP contribution >= 0.6 is 0 Å². The minimum Gasteiger partial charge on any atom is -0.456 e. The molecule has 0 aliphatic carbocycles. The number of benzene rings is 2. The van der Waals surface area contributed by atoms with Crippen LogP contribution in [0, 0.1) is 0 Å². The molecule has 20 heavy (non-hydrogen) atoms.